The Balaban J connectivity index is 2.62. The molecule has 0 aromatic heterocycles. The van der Waals surface area contributed by atoms with Crippen LogP contribution in [0.3, 0.4) is 0 Å². The van der Waals surface area contributed by atoms with Crippen molar-refractivity contribution < 1.29 is 14.6 Å². The summed E-state index contributed by atoms with van der Waals surface area (Å²) >= 11 is 0. The maximum atomic E-state index is 11.3. The molecule has 6 nitrogen and oxygen atoms in total. The predicted octanol–water partition coefficient (Wildman–Crippen LogP) is 1.54. The van der Waals surface area contributed by atoms with Crippen LogP contribution in [-0.2, 0) is 4.74 Å². The Hall–Kier alpha value is -2.24. The molecule has 98 valence electrons. The van der Waals surface area contributed by atoms with E-state index in [9.17, 15) is 4.79 Å². The van der Waals surface area contributed by atoms with Gasteiger partial charge in [-0.3, -0.25) is 0 Å². The van der Waals surface area contributed by atoms with Gasteiger partial charge >= 0.3 is 6.09 Å². The lowest BCUT2D eigenvalue weighted by Gasteiger charge is -2.18. The molecule has 0 spiro atoms. The van der Waals surface area contributed by atoms with E-state index in [1.165, 1.54) is 12.1 Å². The van der Waals surface area contributed by atoms with E-state index in [0.717, 1.165) is 0 Å². The quantitative estimate of drug-likeness (QED) is 0.422. The minimum absolute atomic E-state index is 0.126. The third-order valence-corrected chi connectivity index (χ3v) is 1.83. The van der Waals surface area contributed by atoms with Gasteiger partial charge in [-0.05, 0) is 45.0 Å². The first-order chi connectivity index (χ1) is 8.28. The molecule has 0 unspecified atom stereocenters. The molecule has 1 rings (SSSR count). The number of hydrazone groups is 1. The lowest BCUT2D eigenvalue weighted by atomic mass is 10.2. The number of nitrogens with zero attached hydrogens (tertiary/aromatic N) is 1. The molecular weight excluding hydrogens is 234 g/mol. The summed E-state index contributed by atoms with van der Waals surface area (Å²) in [7, 11) is 0. The van der Waals surface area contributed by atoms with Crippen molar-refractivity contribution in [3.63, 3.8) is 0 Å². The number of carbonyl (C=O) groups excluding carboxylic acids is 1. The average molecular weight is 251 g/mol. The van der Waals surface area contributed by atoms with E-state index >= 15 is 0 Å². The molecule has 0 atom stereocenters. The van der Waals surface area contributed by atoms with Gasteiger partial charge in [0, 0.05) is 5.56 Å². The Bertz CT molecular complexity index is 447. The zero-order chi connectivity index (χ0) is 13.8. The average Bonchev–Trinajstić information content (AvgIpc) is 2.24. The maximum Gasteiger partial charge on any atom is 0.428 e. The largest absolute Gasteiger partial charge is 0.508 e. The highest BCUT2D eigenvalue weighted by Crippen LogP contribution is 2.09. The fourth-order valence-corrected chi connectivity index (χ4v) is 1.10. The van der Waals surface area contributed by atoms with Gasteiger partial charge in [-0.25, -0.2) is 10.2 Å². The highest BCUT2D eigenvalue weighted by molar-refractivity contribution is 5.97. The fourth-order valence-electron chi connectivity index (χ4n) is 1.10. The highest BCUT2D eigenvalue weighted by Gasteiger charge is 2.15. The van der Waals surface area contributed by atoms with E-state index in [2.05, 4.69) is 10.5 Å². The molecule has 1 amide bonds. The van der Waals surface area contributed by atoms with Gasteiger partial charge in [-0.2, -0.15) is 5.10 Å². The van der Waals surface area contributed by atoms with Gasteiger partial charge < -0.3 is 15.6 Å². The second-order valence-electron chi connectivity index (χ2n) is 4.66. The van der Waals surface area contributed by atoms with Crippen LogP contribution in [0.1, 0.15) is 26.3 Å². The standard InChI is InChI=1S/C12H17N3O3/c1-12(2,3)18-11(17)15-14-10(13)8-4-6-9(16)7-5-8/h4-7,16H,1-3H3,(H2,13,14)(H,15,17). The first kappa shape index (κ1) is 13.8. The molecule has 0 aliphatic rings. The van der Waals surface area contributed by atoms with E-state index in [-0.39, 0.29) is 11.6 Å². The van der Waals surface area contributed by atoms with Crippen molar-refractivity contribution >= 4 is 11.9 Å². The summed E-state index contributed by atoms with van der Waals surface area (Å²) in [6, 6.07) is 6.13. The van der Waals surface area contributed by atoms with Crippen LogP contribution in [0.25, 0.3) is 0 Å². The van der Waals surface area contributed by atoms with Gasteiger partial charge in [0.25, 0.3) is 0 Å². The van der Waals surface area contributed by atoms with Crippen molar-refractivity contribution in [2.24, 2.45) is 10.8 Å². The van der Waals surface area contributed by atoms with Crippen LogP contribution in [0.5, 0.6) is 5.75 Å². The number of carbonyl (C=O) groups is 1. The minimum Gasteiger partial charge on any atom is -0.508 e. The first-order valence-corrected chi connectivity index (χ1v) is 5.39. The molecule has 0 bridgehead atoms. The Kier molecular flexibility index (Phi) is 4.14. The van der Waals surface area contributed by atoms with E-state index in [0.29, 0.717) is 5.56 Å². The number of nitrogens with one attached hydrogen (secondary N) is 1. The van der Waals surface area contributed by atoms with Crippen molar-refractivity contribution in [2.75, 3.05) is 0 Å². The molecule has 0 radical (unpaired) electrons. The summed E-state index contributed by atoms with van der Waals surface area (Å²) in [5.41, 5.74) is 7.84. The SMILES string of the molecule is CC(C)(C)OC(=O)NN=C(N)c1ccc(O)cc1. The predicted molar refractivity (Wildman–Crippen MR) is 68.2 cm³/mol. The van der Waals surface area contributed by atoms with Crippen molar-refractivity contribution in [2.45, 2.75) is 26.4 Å². The van der Waals surface area contributed by atoms with Crippen molar-refractivity contribution in [1.82, 2.24) is 5.43 Å². The minimum atomic E-state index is -0.677. The topological polar surface area (TPSA) is 96.9 Å². The number of hydrogen-bond acceptors (Lipinski definition) is 4. The van der Waals surface area contributed by atoms with Crippen LogP contribution in [0.15, 0.2) is 29.4 Å². The summed E-state index contributed by atoms with van der Waals surface area (Å²) < 4.78 is 4.99. The molecular formula is C12H17N3O3. The Labute approximate surface area is 105 Å². The summed E-state index contributed by atoms with van der Waals surface area (Å²) in [5.74, 6) is 0.257. The molecule has 1 aromatic rings. The lowest BCUT2D eigenvalue weighted by molar-refractivity contribution is 0.0529. The van der Waals surface area contributed by atoms with Gasteiger partial charge in [-0.15, -0.1) is 0 Å². The number of rotatable bonds is 2. The smallest absolute Gasteiger partial charge is 0.428 e. The Morgan fingerprint density at radius 2 is 1.89 bits per heavy atom. The third-order valence-electron chi connectivity index (χ3n) is 1.83. The zero-order valence-corrected chi connectivity index (χ0v) is 10.6. The van der Waals surface area contributed by atoms with Crippen LogP contribution in [0, 0.1) is 0 Å². The van der Waals surface area contributed by atoms with E-state index in [1.807, 2.05) is 0 Å². The van der Waals surface area contributed by atoms with Crippen LogP contribution in [-0.4, -0.2) is 22.6 Å². The number of benzene rings is 1. The number of ether oxygens (including phenoxy) is 1. The molecule has 1 aromatic carbocycles. The lowest BCUT2D eigenvalue weighted by Crippen LogP contribution is -2.31. The van der Waals surface area contributed by atoms with Gasteiger partial charge in [0.2, 0.25) is 0 Å². The molecule has 0 heterocycles. The molecule has 18 heavy (non-hydrogen) atoms. The van der Waals surface area contributed by atoms with Crippen LogP contribution in [0.2, 0.25) is 0 Å². The van der Waals surface area contributed by atoms with Crippen molar-refractivity contribution in [3.8, 4) is 5.75 Å². The molecule has 0 saturated heterocycles. The van der Waals surface area contributed by atoms with E-state index in [1.54, 1.807) is 32.9 Å². The third kappa shape index (κ3) is 4.73. The van der Waals surface area contributed by atoms with Crippen LogP contribution < -0.4 is 11.2 Å². The first-order valence-electron chi connectivity index (χ1n) is 5.39. The van der Waals surface area contributed by atoms with E-state index < -0.39 is 11.7 Å². The number of hydrogen-bond donors (Lipinski definition) is 3. The van der Waals surface area contributed by atoms with Gasteiger partial charge in [0.05, 0.1) is 0 Å². The number of nitrogens with two attached hydrogens (primary N) is 1. The summed E-state index contributed by atoms with van der Waals surface area (Å²) in [6.07, 6.45) is -0.677. The number of amidine groups is 1. The number of phenolic OH excluding ortho intramolecular Hbond substituents is 1. The second kappa shape index (κ2) is 5.39. The monoisotopic (exact) mass is 251 g/mol. The molecule has 0 fully saturated rings. The van der Waals surface area contributed by atoms with Gasteiger partial charge in [0.1, 0.15) is 11.4 Å². The Morgan fingerprint density at radius 1 is 1.33 bits per heavy atom. The molecule has 0 saturated carbocycles. The van der Waals surface area contributed by atoms with Gasteiger partial charge in [-0.1, -0.05) is 0 Å². The Morgan fingerprint density at radius 3 is 2.39 bits per heavy atom. The van der Waals surface area contributed by atoms with Crippen molar-refractivity contribution in [3.05, 3.63) is 29.8 Å². The number of amides is 1. The maximum absolute atomic E-state index is 11.3. The number of aromatic hydroxyl groups is 1. The summed E-state index contributed by atoms with van der Waals surface area (Å²) in [4.78, 5) is 11.3. The normalized spacial score (nSPS) is 12.1. The van der Waals surface area contributed by atoms with Crippen LogP contribution >= 0.6 is 0 Å². The fraction of sp³-hybridized carbons (Fsp3) is 0.333. The second-order valence-corrected chi connectivity index (χ2v) is 4.66. The zero-order valence-electron chi connectivity index (χ0n) is 10.6. The molecule has 0 aliphatic carbocycles. The molecule has 6 heteroatoms. The highest BCUT2D eigenvalue weighted by atomic mass is 16.6. The molecule has 4 N–H and O–H groups in total. The summed E-state index contributed by atoms with van der Waals surface area (Å²) in [5, 5.41) is 12.8. The van der Waals surface area contributed by atoms with Crippen LogP contribution in [0.4, 0.5) is 4.79 Å². The molecule has 0 aliphatic heterocycles. The van der Waals surface area contributed by atoms with E-state index in [4.69, 9.17) is 15.6 Å². The van der Waals surface area contributed by atoms with Crippen molar-refractivity contribution in [1.29, 1.82) is 0 Å². The number of phenols is 1. The summed E-state index contributed by atoms with van der Waals surface area (Å²) in [6.45, 7) is 5.25. The van der Waals surface area contributed by atoms with Gasteiger partial charge in [0.15, 0.2) is 5.84 Å².